The number of halogens is 1. The molecule has 1 aromatic rings. The van der Waals surface area contributed by atoms with Gasteiger partial charge in [0.25, 0.3) is 0 Å². The van der Waals surface area contributed by atoms with Gasteiger partial charge in [-0.1, -0.05) is 36.0 Å². The van der Waals surface area contributed by atoms with Gasteiger partial charge in [0.2, 0.25) is 5.91 Å². The minimum atomic E-state index is -0.797. The molecule has 0 bridgehead atoms. The summed E-state index contributed by atoms with van der Waals surface area (Å²) in [6.07, 6.45) is 1.06. The van der Waals surface area contributed by atoms with Crippen LogP contribution in [0.15, 0.2) is 24.3 Å². The fourth-order valence-corrected chi connectivity index (χ4v) is 2.90. The van der Waals surface area contributed by atoms with Crippen LogP contribution in [0, 0.1) is 5.41 Å². The van der Waals surface area contributed by atoms with Gasteiger partial charge < -0.3 is 15.8 Å². The molecule has 1 aliphatic heterocycles. The molecule has 1 aromatic carbocycles. The maximum Gasteiger partial charge on any atom is 0.233 e. The Morgan fingerprint density at radius 3 is 2.48 bits per heavy atom. The van der Waals surface area contributed by atoms with Gasteiger partial charge in [0.05, 0.1) is 11.0 Å². The third-order valence-corrected chi connectivity index (χ3v) is 4.61. The van der Waals surface area contributed by atoms with Crippen LogP contribution < -0.4 is 11.1 Å². The quantitative estimate of drug-likeness (QED) is 0.835. The average molecular weight is 327 g/mol. The van der Waals surface area contributed by atoms with E-state index in [0.29, 0.717) is 31.1 Å². The van der Waals surface area contributed by atoms with E-state index in [4.69, 9.17) is 34.3 Å². The van der Waals surface area contributed by atoms with E-state index in [-0.39, 0.29) is 16.9 Å². The summed E-state index contributed by atoms with van der Waals surface area (Å²) in [5.74, 6) is -0.124. The number of hydrogen-bond acceptors (Lipinski definition) is 3. The lowest BCUT2D eigenvalue weighted by Gasteiger charge is -2.35. The molecular weight excluding hydrogens is 308 g/mol. The van der Waals surface area contributed by atoms with Crippen molar-refractivity contribution in [1.82, 2.24) is 5.32 Å². The molecule has 1 heterocycles. The highest BCUT2D eigenvalue weighted by molar-refractivity contribution is 7.80. The SMILES string of the molecule is CC(NC(=O)C1(C(N)=S)CCOCC1)c1ccc(Cl)cc1. The lowest BCUT2D eigenvalue weighted by molar-refractivity contribution is -0.132. The summed E-state index contributed by atoms with van der Waals surface area (Å²) < 4.78 is 5.32. The molecule has 114 valence electrons. The van der Waals surface area contributed by atoms with Crippen LogP contribution in [0.25, 0.3) is 0 Å². The van der Waals surface area contributed by atoms with Gasteiger partial charge in [0.15, 0.2) is 0 Å². The van der Waals surface area contributed by atoms with E-state index in [1.165, 1.54) is 0 Å². The first kappa shape index (κ1) is 16.2. The number of carbonyl (C=O) groups is 1. The van der Waals surface area contributed by atoms with Crippen LogP contribution in [0.3, 0.4) is 0 Å². The first-order chi connectivity index (χ1) is 9.95. The zero-order chi connectivity index (χ0) is 15.5. The van der Waals surface area contributed by atoms with Crippen molar-refractivity contribution in [3.05, 3.63) is 34.9 Å². The summed E-state index contributed by atoms with van der Waals surface area (Å²) in [6, 6.07) is 7.26. The zero-order valence-corrected chi connectivity index (χ0v) is 13.5. The molecule has 0 spiro atoms. The smallest absolute Gasteiger partial charge is 0.233 e. The van der Waals surface area contributed by atoms with E-state index in [0.717, 1.165) is 5.56 Å². The zero-order valence-electron chi connectivity index (χ0n) is 11.9. The van der Waals surface area contributed by atoms with Gasteiger partial charge >= 0.3 is 0 Å². The number of rotatable bonds is 4. The van der Waals surface area contributed by atoms with Crippen LogP contribution >= 0.6 is 23.8 Å². The second-order valence-corrected chi connectivity index (χ2v) is 6.18. The highest BCUT2D eigenvalue weighted by Crippen LogP contribution is 2.32. The average Bonchev–Trinajstić information content (AvgIpc) is 2.48. The lowest BCUT2D eigenvalue weighted by atomic mass is 9.79. The molecule has 1 atom stereocenters. The molecule has 0 radical (unpaired) electrons. The Balaban J connectivity index is 2.11. The molecule has 1 fully saturated rings. The Kier molecular flexibility index (Phi) is 5.19. The third kappa shape index (κ3) is 3.54. The highest BCUT2D eigenvalue weighted by Gasteiger charge is 2.43. The Morgan fingerprint density at radius 1 is 1.38 bits per heavy atom. The maximum atomic E-state index is 12.7. The summed E-state index contributed by atoms with van der Waals surface area (Å²) in [5.41, 5.74) is 6.02. The van der Waals surface area contributed by atoms with Crippen molar-refractivity contribution in [3.8, 4) is 0 Å². The van der Waals surface area contributed by atoms with E-state index >= 15 is 0 Å². The van der Waals surface area contributed by atoms with E-state index in [1.54, 1.807) is 12.1 Å². The monoisotopic (exact) mass is 326 g/mol. The predicted octanol–water partition coefficient (Wildman–Crippen LogP) is 2.60. The predicted molar refractivity (Wildman–Crippen MR) is 87.3 cm³/mol. The molecule has 1 amide bonds. The summed E-state index contributed by atoms with van der Waals surface area (Å²) in [4.78, 5) is 12.9. The van der Waals surface area contributed by atoms with Gasteiger partial charge in [0, 0.05) is 18.2 Å². The molecule has 4 nitrogen and oxygen atoms in total. The minimum Gasteiger partial charge on any atom is -0.392 e. The number of nitrogens with one attached hydrogen (secondary N) is 1. The van der Waals surface area contributed by atoms with Crippen LogP contribution in [0.1, 0.15) is 31.4 Å². The van der Waals surface area contributed by atoms with Crippen LogP contribution in [0.5, 0.6) is 0 Å². The number of thiocarbonyl (C=S) groups is 1. The standard InChI is InChI=1S/C15H19ClN2O2S/c1-10(11-2-4-12(16)5-3-11)18-14(19)15(13(17)21)6-8-20-9-7-15/h2-5,10H,6-9H2,1H3,(H2,17,21)(H,18,19). The van der Waals surface area contributed by atoms with Crippen molar-refractivity contribution in [3.63, 3.8) is 0 Å². The molecule has 1 saturated heterocycles. The molecule has 6 heteroatoms. The summed E-state index contributed by atoms with van der Waals surface area (Å²) in [5, 5.41) is 3.67. The van der Waals surface area contributed by atoms with Crippen molar-refractivity contribution in [2.45, 2.75) is 25.8 Å². The van der Waals surface area contributed by atoms with Gasteiger partial charge in [-0.25, -0.2) is 0 Å². The second-order valence-electron chi connectivity index (χ2n) is 5.31. The number of carbonyl (C=O) groups excluding carboxylic acids is 1. The van der Waals surface area contributed by atoms with Crippen molar-refractivity contribution >= 4 is 34.7 Å². The first-order valence-electron chi connectivity index (χ1n) is 6.90. The Bertz CT molecular complexity index is 527. The molecule has 0 saturated carbocycles. The number of hydrogen-bond donors (Lipinski definition) is 2. The topological polar surface area (TPSA) is 64.4 Å². The number of benzene rings is 1. The van der Waals surface area contributed by atoms with Crippen LogP contribution in [-0.2, 0) is 9.53 Å². The van der Waals surface area contributed by atoms with Crippen LogP contribution in [-0.4, -0.2) is 24.1 Å². The van der Waals surface area contributed by atoms with Gasteiger partial charge in [-0.05, 0) is 37.5 Å². The Labute approximate surface area is 135 Å². The van der Waals surface area contributed by atoms with Gasteiger partial charge in [-0.3, -0.25) is 4.79 Å². The van der Waals surface area contributed by atoms with E-state index in [9.17, 15) is 4.79 Å². The van der Waals surface area contributed by atoms with Gasteiger partial charge in [-0.15, -0.1) is 0 Å². The van der Waals surface area contributed by atoms with Gasteiger partial charge in [-0.2, -0.15) is 0 Å². The second kappa shape index (κ2) is 6.73. The summed E-state index contributed by atoms with van der Waals surface area (Å²) >= 11 is 11.0. The Hall–Kier alpha value is -1.17. The molecule has 2 rings (SSSR count). The van der Waals surface area contributed by atoms with Crippen molar-refractivity contribution in [1.29, 1.82) is 0 Å². The largest absolute Gasteiger partial charge is 0.392 e. The van der Waals surface area contributed by atoms with Gasteiger partial charge in [0.1, 0.15) is 5.41 Å². The van der Waals surface area contributed by atoms with Crippen molar-refractivity contribution in [2.24, 2.45) is 11.1 Å². The van der Waals surface area contributed by atoms with E-state index < -0.39 is 5.41 Å². The van der Waals surface area contributed by atoms with Crippen molar-refractivity contribution < 1.29 is 9.53 Å². The lowest BCUT2D eigenvalue weighted by Crippen LogP contribution is -2.52. The number of amides is 1. The summed E-state index contributed by atoms with van der Waals surface area (Å²) in [7, 11) is 0. The molecular formula is C15H19ClN2O2S. The molecule has 0 aromatic heterocycles. The maximum absolute atomic E-state index is 12.7. The molecule has 1 unspecified atom stereocenters. The third-order valence-electron chi connectivity index (χ3n) is 3.97. The Morgan fingerprint density at radius 2 is 1.95 bits per heavy atom. The molecule has 1 aliphatic rings. The van der Waals surface area contributed by atoms with Crippen LogP contribution in [0.2, 0.25) is 5.02 Å². The molecule has 21 heavy (non-hydrogen) atoms. The number of ether oxygens (including phenoxy) is 1. The summed E-state index contributed by atoms with van der Waals surface area (Å²) in [6.45, 7) is 2.92. The minimum absolute atomic E-state index is 0.124. The number of nitrogens with two attached hydrogens (primary N) is 1. The van der Waals surface area contributed by atoms with Crippen molar-refractivity contribution in [2.75, 3.05) is 13.2 Å². The highest BCUT2D eigenvalue weighted by atomic mass is 35.5. The normalized spacial score (nSPS) is 18.8. The molecule has 0 aliphatic carbocycles. The fraction of sp³-hybridized carbons (Fsp3) is 0.467. The van der Waals surface area contributed by atoms with E-state index in [2.05, 4.69) is 5.32 Å². The fourth-order valence-electron chi connectivity index (χ4n) is 2.47. The molecule has 3 N–H and O–H groups in total. The van der Waals surface area contributed by atoms with Crippen LogP contribution in [0.4, 0.5) is 0 Å². The van der Waals surface area contributed by atoms with E-state index in [1.807, 2.05) is 19.1 Å². The first-order valence-corrected chi connectivity index (χ1v) is 7.68.